The molecular weight excluding hydrogens is 206 g/mol. The highest BCUT2D eigenvalue weighted by Crippen LogP contribution is 2.14. The molecule has 2 atom stereocenters. The fraction of sp³-hybridized carbons (Fsp3) is 0.750. The summed E-state index contributed by atoms with van der Waals surface area (Å²) in [5.74, 6) is -2.08. The van der Waals surface area contributed by atoms with Crippen molar-refractivity contribution in [3.63, 3.8) is 0 Å². The third kappa shape index (κ3) is 5.06. The first-order valence-corrected chi connectivity index (χ1v) is 4.03. The SMILES string of the molecule is COC(=O)CC(C(=O)OC)C(C)N=O.O. The van der Waals surface area contributed by atoms with Crippen LogP contribution in [0, 0.1) is 10.8 Å². The molecule has 2 N–H and O–H groups in total. The number of carbonyl (C=O) groups is 2. The predicted octanol–water partition coefficient (Wildman–Crippen LogP) is -0.331. The summed E-state index contributed by atoms with van der Waals surface area (Å²) < 4.78 is 8.81. The maximum Gasteiger partial charge on any atom is 0.311 e. The molecule has 0 fully saturated rings. The lowest BCUT2D eigenvalue weighted by Crippen LogP contribution is -2.28. The van der Waals surface area contributed by atoms with Crippen LogP contribution >= 0.6 is 0 Å². The molecule has 7 heteroatoms. The molecule has 0 spiro atoms. The molecule has 88 valence electrons. The number of rotatable bonds is 5. The van der Waals surface area contributed by atoms with Gasteiger partial charge in [-0.15, -0.1) is 0 Å². The van der Waals surface area contributed by atoms with Crippen LogP contribution in [0.1, 0.15) is 13.3 Å². The Morgan fingerprint density at radius 2 is 1.80 bits per heavy atom. The summed E-state index contributed by atoms with van der Waals surface area (Å²) in [4.78, 5) is 32.3. The Morgan fingerprint density at radius 3 is 2.13 bits per heavy atom. The van der Waals surface area contributed by atoms with Gasteiger partial charge < -0.3 is 14.9 Å². The maximum atomic E-state index is 11.1. The van der Waals surface area contributed by atoms with Gasteiger partial charge in [0.15, 0.2) is 0 Å². The lowest BCUT2D eigenvalue weighted by Gasteiger charge is -2.14. The van der Waals surface area contributed by atoms with Gasteiger partial charge in [-0.2, -0.15) is 4.91 Å². The molecule has 0 rings (SSSR count). The number of carbonyl (C=O) groups excluding carboxylic acids is 2. The molecule has 0 aromatic rings. The van der Waals surface area contributed by atoms with Gasteiger partial charge in [-0.05, 0) is 6.92 Å². The van der Waals surface area contributed by atoms with Crippen LogP contribution in [0.2, 0.25) is 0 Å². The van der Waals surface area contributed by atoms with Crippen molar-refractivity contribution in [2.45, 2.75) is 19.4 Å². The van der Waals surface area contributed by atoms with Gasteiger partial charge in [0.25, 0.3) is 0 Å². The van der Waals surface area contributed by atoms with Gasteiger partial charge in [-0.25, -0.2) is 0 Å². The van der Waals surface area contributed by atoms with Gasteiger partial charge in [0, 0.05) is 0 Å². The molecule has 2 unspecified atom stereocenters. The summed E-state index contributed by atoms with van der Waals surface area (Å²) in [6.45, 7) is 1.44. The summed E-state index contributed by atoms with van der Waals surface area (Å²) in [6, 6.07) is -0.804. The number of hydrogen-bond donors (Lipinski definition) is 0. The third-order valence-corrected chi connectivity index (χ3v) is 1.87. The van der Waals surface area contributed by atoms with Crippen LogP contribution in [0.5, 0.6) is 0 Å². The number of nitrogens with zero attached hydrogens (tertiary/aromatic N) is 1. The molecule has 0 aromatic heterocycles. The van der Waals surface area contributed by atoms with Crippen molar-refractivity contribution in [1.82, 2.24) is 0 Å². The minimum absolute atomic E-state index is 0. The Morgan fingerprint density at radius 1 is 1.27 bits per heavy atom. The zero-order chi connectivity index (χ0) is 11.1. The molecule has 0 amide bonds. The fourth-order valence-corrected chi connectivity index (χ4v) is 0.939. The number of hydrogen-bond acceptors (Lipinski definition) is 6. The van der Waals surface area contributed by atoms with Crippen LogP contribution in [-0.4, -0.2) is 37.7 Å². The summed E-state index contributed by atoms with van der Waals surface area (Å²) in [5, 5.41) is 2.69. The molecule has 7 nitrogen and oxygen atoms in total. The third-order valence-electron chi connectivity index (χ3n) is 1.87. The molecule has 0 saturated heterocycles. The van der Waals surface area contributed by atoms with E-state index in [2.05, 4.69) is 14.7 Å². The highest BCUT2D eigenvalue weighted by molar-refractivity contribution is 5.80. The van der Waals surface area contributed by atoms with E-state index >= 15 is 0 Å². The van der Waals surface area contributed by atoms with Crippen molar-refractivity contribution >= 4 is 11.9 Å². The summed E-state index contributed by atoms with van der Waals surface area (Å²) in [6.07, 6.45) is -0.198. The molecule has 0 heterocycles. The van der Waals surface area contributed by atoms with Crippen LogP contribution in [0.4, 0.5) is 0 Å². The smallest absolute Gasteiger partial charge is 0.311 e. The standard InChI is InChI=1S/C8H13NO5.H2O/c1-5(9-12)6(8(11)14-3)4-7(10)13-2;/h5-6H,4H2,1-3H3;1H2. The lowest BCUT2D eigenvalue weighted by molar-refractivity contribution is -0.152. The Bertz CT molecular complexity index is 229. The molecule has 15 heavy (non-hydrogen) atoms. The van der Waals surface area contributed by atoms with E-state index in [1.165, 1.54) is 21.1 Å². The van der Waals surface area contributed by atoms with E-state index in [0.717, 1.165) is 0 Å². The van der Waals surface area contributed by atoms with Crippen LogP contribution in [0.15, 0.2) is 5.18 Å². The van der Waals surface area contributed by atoms with E-state index in [1.54, 1.807) is 0 Å². The summed E-state index contributed by atoms with van der Waals surface area (Å²) in [5.41, 5.74) is 0. The van der Waals surface area contributed by atoms with Crippen molar-refractivity contribution in [3.8, 4) is 0 Å². The van der Waals surface area contributed by atoms with E-state index in [4.69, 9.17) is 0 Å². The largest absolute Gasteiger partial charge is 0.469 e. The molecule has 0 aliphatic carbocycles. The van der Waals surface area contributed by atoms with Crippen molar-refractivity contribution in [3.05, 3.63) is 4.91 Å². The molecule has 0 aliphatic heterocycles. The van der Waals surface area contributed by atoms with Crippen molar-refractivity contribution in [1.29, 1.82) is 0 Å². The monoisotopic (exact) mass is 221 g/mol. The predicted molar refractivity (Wildman–Crippen MR) is 51.0 cm³/mol. The second-order valence-corrected chi connectivity index (χ2v) is 2.76. The number of esters is 2. The highest BCUT2D eigenvalue weighted by Gasteiger charge is 2.29. The number of ether oxygens (including phenoxy) is 2. The topological polar surface area (TPSA) is 114 Å². The van der Waals surface area contributed by atoms with Gasteiger partial charge in [-0.1, -0.05) is 5.18 Å². The minimum atomic E-state index is -0.870. The first kappa shape index (κ1) is 15.9. The number of methoxy groups -OCH3 is 2. The van der Waals surface area contributed by atoms with E-state index in [0.29, 0.717) is 0 Å². The second kappa shape index (κ2) is 7.86. The van der Waals surface area contributed by atoms with Crippen molar-refractivity contribution in [2.75, 3.05) is 14.2 Å². The maximum absolute atomic E-state index is 11.1. The highest BCUT2D eigenvalue weighted by atomic mass is 16.5. The van der Waals surface area contributed by atoms with E-state index in [1.807, 2.05) is 0 Å². The minimum Gasteiger partial charge on any atom is -0.469 e. The zero-order valence-electron chi connectivity index (χ0n) is 8.85. The fourth-order valence-electron chi connectivity index (χ4n) is 0.939. The Kier molecular flexibility index (Phi) is 8.36. The average molecular weight is 221 g/mol. The van der Waals surface area contributed by atoms with E-state index < -0.39 is 23.9 Å². The Hall–Kier alpha value is -1.50. The van der Waals surface area contributed by atoms with Crippen LogP contribution in [-0.2, 0) is 19.1 Å². The number of nitroso groups, excluding NO2 is 1. The van der Waals surface area contributed by atoms with Crippen LogP contribution < -0.4 is 0 Å². The summed E-state index contributed by atoms with van der Waals surface area (Å²) in [7, 11) is 2.39. The van der Waals surface area contributed by atoms with E-state index in [-0.39, 0.29) is 11.9 Å². The van der Waals surface area contributed by atoms with E-state index in [9.17, 15) is 14.5 Å². The molecule has 0 saturated carbocycles. The summed E-state index contributed by atoms with van der Waals surface area (Å²) >= 11 is 0. The van der Waals surface area contributed by atoms with Gasteiger partial charge >= 0.3 is 11.9 Å². The zero-order valence-corrected chi connectivity index (χ0v) is 8.85. The van der Waals surface area contributed by atoms with Gasteiger partial charge in [0.05, 0.1) is 26.6 Å². The molecule has 0 aliphatic rings. The normalized spacial score (nSPS) is 13.0. The lowest BCUT2D eigenvalue weighted by atomic mass is 9.98. The van der Waals surface area contributed by atoms with Crippen LogP contribution in [0.3, 0.4) is 0 Å². The Balaban J connectivity index is 0. The quantitative estimate of drug-likeness (QED) is 0.465. The first-order valence-electron chi connectivity index (χ1n) is 4.03. The molecule has 0 bridgehead atoms. The van der Waals surface area contributed by atoms with Crippen molar-refractivity contribution < 1.29 is 24.5 Å². The average Bonchev–Trinajstić information content (AvgIpc) is 2.23. The molecule has 0 aromatic carbocycles. The molecular formula is C8H15NO6. The van der Waals surface area contributed by atoms with Gasteiger partial charge in [0.1, 0.15) is 6.04 Å². The van der Waals surface area contributed by atoms with Gasteiger partial charge in [-0.3, -0.25) is 9.59 Å². The molecule has 0 radical (unpaired) electrons. The van der Waals surface area contributed by atoms with Crippen LogP contribution in [0.25, 0.3) is 0 Å². The first-order chi connectivity index (χ1) is 6.56. The Labute approximate surface area is 87.0 Å². The second-order valence-electron chi connectivity index (χ2n) is 2.76. The van der Waals surface area contributed by atoms with Gasteiger partial charge in [0.2, 0.25) is 0 Å². The van der Waals surface area contributed by atoms with Crippen molar-refractivity contribution in [2.24, 2.45) is 11.1 Å².